The second-order valence-corrected chi connectivity index (χ2v) is 8.48. The average molecular weight is 513 g/mol. The fraction of sp³-hybridized carbons (Fsp3) is 0.174. The lowest BCUT2D eigenvalue weighted by atomic mass is 10.1. The van der Waals surface area contributed by atoms with Crippen molar-refractivity contribution in [3.05, 3.63) is 53.1 Å². The van der Waals surface area contributed by atoms with Gasteiger partial charge in [-0.1, -0.05) is 17.8 Å². The fourth-order valence-electron chi connectivity index (χ4n) is 3.28. The normalized spacial score (nSPS) is 16.0. The Labute approximate surface area is 209 Å². The maximum absolute atomic E-state index is 12.7. The van der Waals surface area contributed by atoms with Gasteiger partial charge in [0.2, 0.25) is 5.17 Å². The number of rotatable bonds is 6. The summed E-state index contributed by atoms with van der Waals surface area (Å²) < 4.78 is 25.6. The van der Waals surface area contributed by atoms with E-state index in [9.17, 15) is 9.59 Å². The van der Waals surface area contributed by atoms with Gasteiger partial charge in [0, 0.05) is 0 Å². The Hall–Kier alpha value is -3.77. The molecule has 180 valence electrons. The molecule has 0 aromatic heterocycles. The van der Waals surface area contributed by atoms with Gasteiger partial charge in [-0.15, -0.1) is 0 Å². The van der Waals surface area contributed by atoms with Gasteiger partial charge < -0.3 is 18.9 Å². The van der Waals surface area contributed by atoms with E-state index in [0.29, 0.717) is 27.4 Å². The van der Waals surface area contributed by atoms with Crippen LogP contribution in [0.25, 0.3) is 6.08 Å². The third-order valence-corrected chi connectivity index (χ3v) is 6.45. The minimum atomic E-state index is -0.614. The summed E-state index contributed by atoms with van der Waals surface area (Å²) in [6, 6.07) is 9.49. The number of ether oxygens (including phenoxy) is 4. The van der Waals surface area contributed by atoms with E-state index in [0.717, 1.165) is 11.9 Å². The number of amides is 1. The minimum absolute atomic E-state index is 0.0129. The lowest BCUT2D eigenvalue weighted by molar-refractivity contribution is -0.114. The van der Waals surface area contributed by atoms with E-state index in [1.165, 1.54) is 50.1 Å². The molecule has 0 spiro atoms. The molecule has 12 heteroatoms. The maximum Gasteiger partial charge on any atom is 0.343 e. The van der Waals surface area contributed by atoms with E-state index in [4.69, 9.17) is 24.4 Å². The standard InChI is InChI=1S/C23H20N4O6S2/c1-30-15-8-6-13(11-18(15)32-3)21(29)33-16-7-5-12(10-17(16)31-2)9-14-19(24)27-22(25-20(14)28)35-26-23(27)34-4/h5-11,24H,1-4H3/b14-9-,24-19?. The molecule has 0 bridgehead atoms. The van der Waals surface area contributed by atoms with Crippen LogP contribution in [0.4, 0.5) is 0 Å². The first-order chi connectivity index (χ1) is 16.9. The van der Waals surface area contributed by atoms with Crippen LogP contribution in [-0.2, 0) is 4.79 Å². The quantitative estimate of drug-likeness (QED) is 0.266. The predicted molar refractivity (Wildman–Crippen MR) is 136 cm³/mol. The Kier molecular flexibility index (Phi) is 7.12. The summed E-state index contributed by atoms with van der Waals surface area (Å²) in [4.78, 5) is 30.8. The first-order valence-electron chi connectivity index (χ1n) is 10.0. The molecule has 4 rings (SSSR count). The van der Waals surface area contributed by atoms with Crippen LogP contribution >= 0.6 is 23.7 Å². The van der Waals surface area contributed by atoms with Gasteiger partial charge in [0.05, 0.1) is 44.4 Å². The number of nitrogens with zero attached hydrogens (tertiary/aromatic N) is 3. The number of thioether (sulfide) groups is 1. The Morgan fingerprint density at radius 1 is 1.03 bits per heavy atom. The Bertz CT molecular complexity index is 1320. The summed E-state index contributed by atoms with van der Waals surface area (Å²) in [5.74, 6) is 0.184. The van der Waals surface area contributed by atoms with Crippen LogP contribution in [0.3, 0.4) is 0 Å². The largest absolute Gasteiger partial charge is 0.493 e. The molecule has 2 heterocycles. The van der Waals surface area contributed by atoms with Crippen LogP contribution < -0.4 is 18.9 Å². The summed E-state index contributed by atoms with van der Waals surface area (Å²) in [6.07, 6.45) is 3.37. The SMILES string of the molecule is COc1ccc(C(=O)Oc2ccc(/C=C3/C(=N)N4C(SC)=NSC4=NC3=O)cc2OC)cc1OC. The second kappa shape index (κ2) is 10.2. The molecule has 0 fully saturated rings. The number of hydrogen-bond donors (Lipinski definition) is 1. The first-order valence-corrected chi connectivity index (χ1v) is 12.0. The number of methoxy groups -OCH3 is 3. The zero-order chi connectivity index (χ0) is 25.1. The van der Waals surface area contributed by atoms with Gasteiger partial charge in [0.25, 0.3) is 5.91 Å². The third kappa shape index (κ3) is 4.75. The number of carbonyl (C=O) groups is 2. The molecular weight excluding hydrogens is 492 g/mol. The molecule has 1 amide bonds. The molecule has 1 N–H and O–H groups in total. The average Bonchev–Trinajstić information content (AvgIpc) is 3.29. The Morgan fingerprint density at radius 2 is 1.71 bits per heavy atom. The lowest BCUT2D eigenvalue weighted by Crippen LogP contribution is -2.41. The summed E-state index contributed by atoms with van der Waals surface area (Å²) >= 11 is 2.42. The van der Waals surface area contributed by atoms with Gasteiger partial charge in [-0.25, -0.2) is 9.69 Å². The van der Waals surface area contributed by atoms with Crippen LogP contribution in [0, 0.1) is 5.41 Å². The van der Waals surface area contributed by atoms with Gasteiger partial charge >= 0.3 is 5.97 Å². The molecule has 0 aliphatic carbocycles. The number of benzene rings is 2. The summed E-state index contributed by atoms with van der Waals surface area (Å²) in [5.41, 5.74) is 0.935. The summed E-state index contributed by atoms with van der Waals surface area (Å²) in [7, 11) is 4.42. The van der Waals surface area contributed by atoms with E-state index >= 15 is 0 Å². The van der Waals surface area contributed by atoms with Crippen molar-refractivity contribution in [2.45, 2.75) is 0 Å². The number of nitrogens with one attached hydrogen (secondary N) is 1. The maximum atomic E-state index is 12.7. The van der Waals surface area contributed by atoms with Gasteiger partial charge in [0.15, 0.2) is 28.2 Å². The zero-order valence-corrected chi connectivity index (χ0v) is 20.8. The topological polar surface area (TPSA) is 123 Å². The van der Waals surface area contributed by atoms with E-state index in [1.54, 1.807) is 30.3 Å². The van der Waals surface area contributed by atoms with Crippen LogP contribution in [0.15, 0.2) is 51.4 Å². The minimum Gasteiger partial charge on any atom is -0.493 e. The van der Waals surface area contributed by atoms with E-state index in [2.05, 4.69) is 9.39 Å². The molecule has 2 aromatic rings. The highest BCUT2D eigenvalue weighted by Crippen LogP contribution is 2.34. The van der Waals surface area contributed by atoms with Gasteiger partial charge in [-0.2, -0.15) is 9.39 Å². The van der Waals surface area contributed by atoms with Crippen LogP contribution in [-0.4, -0.2) is 60.5 Å². The van der Waals surface area contributed by atoms with Crippen molar-refractivity contribution < 1.29 is 28.5 Å². The molecule has 0 atom stereocenters. The summed E-state index contributed by atoms with van der Waals surface area (Å²) in [6.45, 7) is 0. The molecule has 2 aliphatic rings. The molecule has 0 unspecified atom stereocenters. The van der Waals surface area contributed by atoms with Crippen LogP contribution in [0.5, 0.6) is 23.0 Å². The molecule has 0 radical (unpaired) electrons. The lowest BCUT2D eigenvalue weighted by Gasteiger charge is -2.23. The van der Waals surface area contributed by atoms with Crippen molar-refractivity contribution in [1.29, 1.82) is 5.41 Å². The smallest absolute Gasteiger partial charge is 0.343 e. The van der Waals surface area contributed by atoms with Crippen molar-refractivity contribution in [2.75, 3.05) is 27.6 Å². The molecule has 10 nitrogen and oxygen atoms in total. The number of hydrogen-bond acceptors (Lipinski definition) is 10. The zero-order valence-electron chi connectivity index (χ0n) is 19.1. The van der Waals surface area contributed by atoms with E-state index in [1.807, 2.05) is 6.26 Å². The predicted octanol–water partition coefficient (Wildman–Crippen LogP) is 3.87. The number of carbonyl (C=O) groups excluding carboxylic acids is 2. The van der Waals surface area contributed by atoms with E-state index in [-0.39, 0.29) is 28.5 Å². The monoisotopic (exact) mass is 512 g/mol. The van der Waals surface area contributed by atoms with Crippen molar-refractivity contribution >= 4 is 57.8 Å². The third-order valence-electron chi connectivity index (χ3n) is 5.00. The van der Waals surface area contributed by atoms with Crippen molar-refractivity contribution in [3.63, 3.8) is 0 Å². The van der Waals surface area contributed by atoms with Crippen molar-refractivity contribution in [1.82, 2.24) is 4.90 Å². The first kappa shape index (κ1) is 24.4. The number of aliphatic imine (C=N–C) groups is 1. The number of amidine groups is 3. The van der Waals surface area contributed by atoms with Gasteiger partial charge in [0.1, 0.15) is 5.84 Å². The van der Waals surface area contributed by atoms with Gasteiger partial charge in [-0.3, -0.25) is 10.2 Å². The highest BCUT2D eigenvalue weighted by Gasteiger charge is 2.37. The van der Waals surface area contributed by atoms with Crippen molar-refractivity contribution in [2.24, 2.45) is 9.39 Å². The van der Waals surface area contributed by atoms with E-state index < -0.39 is 11.9 Å². The fourth-order valence-corrected chi connectivity index (χ4v) is 4.73. The van der Waals surface area contributed by atoms with Crippen molar-refractivity contribution in [3.8, 4) is 23.0 Å². The highest BCUT2D eigenvalue weighted by molar-refractivity contribution is 8.18. The Morgan fingerprint density at radius 3 is 2.40 bits per heavy atom. The molecule has 2 aromatic carbocycles. The van der Waals surface area contributed by atoms with Crippen LogP contribution in [0.1, 0.15) is 15.9 Å². The van der Waals surface area contributed by atoms with Crippen LogP contribution in [0.2, 0.25) is 0 Å². The Balaban J connectivity index is 1.59. The number of fused-ring (bicyclic) bond motifs is 1. The molecule has 0 saturated carbocycles. The number of esters is 1. The van der Waals surface area contributed by atoms with Gasteiger partial charge in [-0.05, 0) is 48.2 Å². The molecule has 35 heavy (non-hydrogen) atoms. The second-order valence-electron chi connectivity index (χ2n) is 6.98. The molecular formula is C23H20N4O6S2. The molecule has 0 saturated heterocycles. The molecule has 2 aliphatic heterocycles. The highest BCUT2D eigenvalue weighted by atomic mass is 32.2. The summed E-state index contributed by atoms with van der Waals surface area (Å²) in [5, 5.41) is 9.44.